The summed E-state index contributed by atoms with van der Waals surface area (Å²) < 4.78 is 1.82. The third kappa shape index (κ3) is 4.86. The van der Waals surface area contributed by atoms with Crippen molar-refractivity contribution < 1.29 is 4.79 Å². The van der Waals surface area contributed by atoms with Gasteiger partial charge < -0.3 is 15.5 Å². The Balaban J connectivity index is 1.36. The van der Waals surface area contributed by atoms with Crippen LogP contribution in [0.5, 0.6) is 0 Å². The number of carbonyl (C=O) groups is 1. The third-order valence-corrected chi connectivity index (χ3v) is 5.17. The number of benzene rings is 1. The average Bonchev–Trinajstić information content (AvgIpc) is 3.15. The summed E-state index contributed by atoms with van der Waals surface area (Å²) in [4.78, 5) is 19.2. The van der Waals surface area contributed by atoms with E-state index in [2.05, 4.69) is 25.6 Å². The number of anilines is 3. The van der Waals surface area contributed by atoms with Gasteiger partial charge in [0, 0.05) is 49.3 Å². The van der Waals surface area contributed by atoms with Crippen molar-refractivity contribution in [2.45, 2.75) is 18.9 Å². The molecule has 2 aromatic heterocycles. The van der Waals surface area contributed by atoms with E-state index in [1.165, 1.54) is 0 Å². The second-order valence-corrected chi connectivity index (χ2v) is 7.63. The molecule has 1 amide bonds. The molecule has 0 spiro atoms. The molecule has 1 fully saturated rings. The van der Waals surface area contributed by atoms with Gasteiger partial charge in [-0.05, 0) is 43.2 Å². The highest BCUT2D eigenvalue weighted by atomic mass is 35.5. The highest BCUT2D eigenvalue weighted by molar-refractivity contribution is 6.30. The van der Waals surface area contributed by atoms with E-state index in [1.807, 2.05) is 30.2 Å². The van der Waals surface area contributed by atoms with E-state index in [0.717, 1.165) is 37.4 Å². The second kappa shape index (κ2) is 8.53. The number of nitrogens with zero attached hydrogens (tertiary/aromatic N) is 4. The topological polar surface area (TPSA) is 75.1 Å². The van der Waals surface area contributed by atoms with Crippen LogP contribution in [0.3, 0.4) is 0 Å². The van der Waals surface area contributed by atoms with Crippen LogP contribution in [0.15, 0.2) is 55.0 Å². The lowest BCUT2D eigenvalue weighted by molar-refractivity contribution is 0.102. The van der Waals surface area contributed by atoms with E-state index in [-0.39, 0.29) is 5.91 Å². The largest absolute Gasteiger partial charge is 0.367 e. The predicted octanol–water partition coefficient (Wildman–Crippen LogP) is 3.80. The minimum atomic E-state index is -0.216. The number of rotatable bonds is 5. The van der Waals surface area contributed by atoms with E-state index in [0.29, 0.717) is 22.3 Å². The number of aromatic nitrogens is 3. The molecule has 29 heavy (non-hydrogen) atoms. The Bertz CT molecular complexity index is 987. The predicted molar refractivity (Wildman–Crippen MR) is 116 cm³/mol. The van der Waals surface area contributed by atoms with Crippen LogP contribution in [0.2, 0.25) is 5.02 Å². The number of piperidine rings is 1. The Morgan fingerprint density at radius 3 is 2.86 bits per heavy atom. The van der Waals surface area contributed by atoms with Crippen molar-refractivity contribution in [3.8, 4) is 0 Å². The van der Waals surface area contributed by atoms with Crippen molar-refractivity contribution in [1.82, 2.24) is 14.8 Å². The molecular formula is C21H23ClN6O. The first-order valence-electron chi connectivity index (χ1n) is 9.60. The minimum Gasteiger partial charge on any atom is -0.367 e. The van der Waals surface area contributed by atoms with Gasteiger partial charge in [0.05, 0.1) is 17.4 Å². The van der Waals surface area contributed by atoms with Gasteiger partial charge in [-0.15, -0.1) is 0 Å². The molecule has 1 aliphatic rings. The van der Waals surface area contributed by atoms with Crippen molar-refractivity contribution in [2.24, 2.45) is 7.05 Å². The molecule has 3 heterocycles. The van der Waals surface area contributed by atoms with Gasteiger partial charge in [-0.3, -0.25) is 9.48 Å². The third-order valence-electron chi connectivity index (χ3n) is 4.94. The quantitative estimate of drug-likeness (QED) is 0.669. The standard InChI is InChI=1S/C21H23ClN6O/c1-27-14-19(12-24-27)28-9-3-6-18(13-28)25-20-8-7-15(11-23-20)21(29)26-17-5-2-4-16(22)10-17/h2,4-5,7-8,10-12,14,18H,3,6,9,13H2,1H3,(H,23,25)(H,26,29). The number of halogens is 1. The number of nitrogens with one attached hydrogen (secondary N) is 2. The zero-order chi connectivity index (χ0) is 20.2. The molecular weight excluding hydrogens is 388 g/mol. The van der Waals surface area contributed by atoms with Crippen LogP contribution in [0, 0.1) is 0 Å². The summed E-state index contributed by atoms with van der Waals surface area (Å²) in [6.45, 7) is 1.92. The van der Waals surface area contributed by atoms with E-state index < -0.39 is 0 Å². The lowest BCUT2D eigenvalue weighted by atomic mass is 10.1. The molecule has 3 aromatic rings. The molecule has 1 aromatic carbocycles. The summed E-state index contributed by atoms with van der Waals surface area (Å²) in [5, 5.41) is 11.1. The summed E-state index contributed by atoms with van der Waals surface area (Å²) in [5.74, 6) is 0.550. The molecule has 150 valence electrons. The molecule has 0 radical (unpaired) electrons. The molecule has 2 N–H and O–H groups in total. The maximum Gasteiger partial charge on any atom is 0.257 e. The van der Waals surface area contributed by atoms with Gasteiger partial charge in [0.15, 0.2) is 0 Å². The van der Waals surface area contributed by atoms with Crippen LogP contribution in [0.1, 0.15) is 23.2 Å². The van der Waals surface area contributed by atoms with Gasteiger partial charge in [-0.2, -0.15) is 5.10 Å². The second-order valence-electron chi connectivity index (χ2n) is 7.20. The van der Waals surface area contributed by atoms with Gasteiger partial charge in [-0.25, -0.2) is 4.98 Å². The fraction of sp³-hybridized carbons (Fsp3) is 0.286. The Morgan fingerprint density at radius 1 is 1.24 bits per heavy atom. The van der Waals surface area contributed by atoms with E-state index in [1.54, 1.807) is 36.5 Å². The van der Waals surface area contributed by atoms with Crippen LogP contribution >= 0.6 is 11.6 Å². The Morgan fingerprint density at radius 2 is 2.14 bits per heavy atom. The van der Waals surface area contributed by atoms with Gasteiger partial charge in [0.1, 0.15) is 5.82 Å². The van der Waals surface area contributed by atoms with Gasteiger partial charge in [0.25, 0.3) is 5.91 Å². The number of carbonyl (C=O) groups excluding carboxylic acids is 1. The van der Waals surface area contributed by atoms with Crippen molar-refractivity contribution >= 4 is 34.7 Å². The molecule has 1 saturated heterocycles. The smallest absolute Gasteiger partial charge is 0.257 e. The Kier molecular flexibility index (Phi) is 5.67. The zero-order valence-electron chi connectivity index (χ0n) is 16.2. The molecule has 1 aliphatic heterocycles. The fourth-order valence-corrected chi connectivity index (χ4v) is 3.68. The summed E-state index contributed by atoms with van der Waals surface area (Å²) in [6, 6.07) is 11.0. The molecule has 8 heteroatoms. The first-order chi connectivity index (χ1) is 14.1. The minimum absolute atomic E-state index is 0.216. The number of pyridine rings is 1. The summed E-state index contributed by atoms with van der Waals surface area (Å²) in [5.41, 5.74) is 2.29. The lowest BCUT2D eigenvalue weighted by Crippen LogP contribution is -2.42. The van der Waals surface area contributed by atoms with Gasteiger partial charge >= 0.3 is 0 Å². The summed E-state index contributed by atoms with van der Waals surface area (Å²) >= 11 is 5.96. The van der Waals surface area contributed by atoms with Gasteiger partial charge in [0.2, 0.25) is 0 Å². The van der Waals surface area contributed by atoms with E-state index >= 15 is 0 Å². The van der Waals surface area contributed by atoms with Crippen molar-refractivity contribution in [3.05, 3.63) is 65.6 Å². The molecule has 1 unspecified atom stereocenters. The number of aryl methyl sites for hydroxylation is 1. The molecule has 4 rings (SSSR count). The maximum atomic E-state index is 12.4. The monoisotopic (exact) mass is 410 g/mol. The average molecular weight is 411 g/mol. The lowest BCUT2D eigenvalue weighted by Gasteiger charge is -2.34. The molecule has 7 nitrogen and oxygen atoms in total. The molecule has 0 bridgehead atoms. The van der Waals surface area contributed by atoms with Crippen LogP contribution < -0.4 is 15.5 Å². The molecule has 0 saturated carbocycles. The van der Waals surface area contributed by atoms with Crippen molar-refractivity contribution in [1.29, 1.82) is 0 Å². The van der Waals surface area contributed by atoms with E-state index in [4.69, 9.17) is 11.6 Å². The number of amides is 1. The highest BCUT2D eigenvalue weighted by Crippen LogP contribution is 2.21. The summed E-state index contributed by atoms with van der Waals surface area (Å²) in [7, 11) is 1.93. The van der Waals surface area contributed by atoms with Gasteiger partial charge in [-0.1, -0.05) is 17.7 Å². The fourth-order valence-electron chi connectivity index (χ4n) is 3.49. The van der Waals surface area contributed by atoms with E-state index in [9.17, 15) is 4.79 Å². The highest BCUT2D eigenvalue weighted by Gasteiger charge is 2.21. The Labute approximate surface area is 174 Å². The van der Waals surface area contributed by atoms with Crippen LogP contribution in [0.25, 0.3) is 0 Å². The summed E-state index contributed by atoms with van der Waals surface area (Å²) in [6.07, 6.45) is 7.70. The van der Waals surface area contributed by atoms with Crippen LogP contribution in [-0.2, 0) is 7.05 Å². The Hall–Kier alpha value is -3.06. The van der Waals surface area contributed by atoms with Crippen LogP contribution in [-0.4, -0.2) is 39.8 Å². The SMILES string of the molecule is Cn1cc(N2CCCC(Nc3ccc(C(=O)Nc4cccc(Cl)c4)cn3)C2)cn1. The van der Waals surface area contributed by atoms with Crippen molar-refractivity contribution in [2.75, 3.05) is 28.6 Å². The normalized spacial score (nSPS) is 16.5. The van der Waals surface area contributed by atoms with Crippen molar-refractivity contribution in [3.63, 3.8) is 0 Å². The molecule has 0 aliphatic carbocycles. The molecule has 1 atom stereocenters. The first-order valence-corrected chi connectivity index (χ1v) is 9.98. The number of hydrogen-bond donors (Lipinski definition) is 2. The first kappa shape index (κ1) is 19.3. The van der Waals surface area contributed by atoms with Crippen LogP contribution in [0.4, 0.5) is 17.2 Å². The zero-order valence-corrected chi connectivity index (χ0v) is 16.9. The number of hydrogen-bond acceptors (Lipinski definition) is 5. The maximum absolute atomic E-state index is 12.4.